The lowest BCUT2D eigenvalue weighted by Crippen LogP contribution is -2.57. The van der Waals surface area contributed by atoms with Crippen LogP contribution in [0.1, 0.15) is 23.3 Å². The van der Waals surface area contributed by atoms with Gasteiger partial charge in [-0.3, -0.25) is 4.79 Å². The molecule has 4 nitrogen and oxygen atoms in total. The molecule has 5 heterocycles. The van der Waals surface area contributed by atoms with Gasteiger partial charge in [-0.2, -0.15) is 4.37 Å². The highest BCUT2D eigenvalue weighted by Gasteiger charge is 2.35. The Bertz CT molecular complexity index is 910. The Morgan fingerprint density at radius 2 is 2.12 bits per heavy atom. The molecular weight excluding hydrogens is 350 g/mol. The first-order valence-corrected chi connectivity index (χ1v) is 10.4. The standard InChI is InChI=1S/C19H19N3OS2/c23-19(20-15-11-22-7-5-12(15)6-8-22)18-14-4-3-13(10-17(14)25-21-18)16-2-1-9-24-16/h1-4,9-10,12,15H,5-8,11H2,(H,20,23)/t15-/m1/s1. The van der Waals surface area contributed by atoms with Crippen LogP contribution in [0.3, 0.4) is 0 Å². The Balaban J connectivity index is 1.40. The van der Waals surface area contributed by atoms with Crippen LogP contribution in [0.2, 0.25) is 0 Å². The quantitative estimate of drug-likeness (QED) is 0.763. The molecule has 1 atom stereocenters. The first kappa shape index (κ1) is 15.5. The second kappa shape index (κ2) is 6.20. The number of nitrogens with zero attached hydrogens (tertiary/aromatic N) is 2. The number of amides is 1. The highest BCUT2D eigenvalue weighted by atomic mass is 32.1. The fourth-order valence-electron chi connectivity index (χ4n) is 4.06. The molecule has 1 amide bonds. The topological polar surface area (TPSA) is 45.2 Å². The van der Waals surface area contributed by atoms with Crippen molar-refractivity contribution in [1.82, 2.24) is 14.6 Å². The summed E-state index contributed by atoms with van der Waals surface area (Å²) in [5.74, 6) is 0.609. The minimum Gasteiger partial charge on any atom is -0.346 e. The normalized spacial score (nSPS) is 25.4. The highest BCUT2D eigenvalue weighted by Crippen LogP contribution is 2.32. The second-order valence-corrected chi connectivity index (χ2v) is 8.69. The van der Waals surface area contributed by atoms with Gasteiger partial charge in [0.2, 0.25) is 0 Å². The predicted octanol–water partition coefficient (Wildman–Crippen LogP) is 3.85. The van der Waals surface area contributed by atoms with E-state index < -0.39 is 0 Å². The molecule has 0 saturated carbocycles. The maximum absolute atomic E-state index is 12.8. The number of rotatable bonds is 3. The molecule has 3 aliphatic rings. The molecule has 1 N–H and O–H groups in total. The number of piperidine rings is 3. The van der Waals surface area contributed by atoms with Gasteiger partial charge in [-0.15, -0.1) is 11.3 Å². The lowest BCUT2D eigenvalue weighted by Gasteiger charge is -2.44. The maximum atomic E-state index is 12.8. The van der Waals surface area contributed by atoms with Crippen LogP contribution in [0.25, 0.3) is 20.5 Å². The largest absolute Gasteiger partial charge is 0.346 e. The van der Waals surface area contributed by atoms with Crippen LogP contribution in [-0.4, -0.2) is 40.9 Å². The summed E-state index contributed by atoms with van der Waals surface area (Å²) in [6.45, 7) is 3.35. The van der Waals surface area contributed by atoms with Crippen molar-refractivity contribution >= 4 is 38.9 Å². The summed E-state index contributed by atoms with van der Waals surface area (Å²) in [4.78, 5) is 16.5. The zero-order valence-electron chi connectivity index (χ0n) is 13.8. The molecule has 0 spiro atoms. The molecule has 3 saturated heterocycles. The van der Waals surface area contributed by atoms with E-state index in [1.54, 1.807) is 11.3 Å². The highest BCUT2D eigenvalue weighted by molar-refractivity contribution is 7.14. The third-order valence-electron chi connectivity index (χ3n) is 5.47. The van der Waals surface area contributed by atoms with Crippen LogP contribution in [0, 0.1) is 5.92 Å². The van der Waals surface area contributed by atoms with Crippen LogP contribution in [0.15, 0.2) is 35.7 Å². The molecule has 2 bridgehead atoms. The van der Waals surface area contributed by atoms with Gasteiger partial charge in [-0.1, -0.05) is 18.2 Å². The van der Waals surface area contributed by atoms with Gasteiger partial charge in [0.25, 0.3) is 5.91 Å². The summed E-state index contributed by atoms with van der Waals surface area (Å²) in [6.07, 6.45) is 2.40. The zero-order valence-corrected chi connectivity index (χ0v) is 15.4. The molecule has 3 aliphatic heterocycles. The van der Waals surface area contributed by atoms with Crippen LogP contribution in [0.4, 0.5) is 0 Å². The monoisotopic (exact) mass is 369 g/mol. The summed E-state index contributed by atoms with van der Waals surface area (Å²) in [6, 6.07) is 10.7. The molecule has 0 radical (unpaired) electrons. The fraction of sp³-hybridized carbons (Fsp3) is 0.368. The molecular formula is C19H19N3OS2. The number of hydrogen-bond donors (Lipinski definition) is 1. The van der Waals surface area contributed by atoms with E-state index in [9.17, 15) is 4.79 Å². The van der Waals surface area contributed by atoms with E-state index in [-0.39, 0.29) is 11.9 Å². The molecule has 2 aromatic heterocycles. The zero-order chi connectivity index (χ0) is 16.8. The number of carbonyl (C=O) groups is 1. The first-order chi connectivity index (χ1) is 12.3. The van der Waals surface area contributed by atoms with Crippen molar-refractivity contribution in [1.29, 1.82) is 0 Å². The lowest BCUT2D eigenvalue weighted by molar-refractivity contribution is 0.0619. The minimum atomic E-state index is -0.0196. The van der Waals surface area contributed by atoms with Crippen LogP contribution in [0.5, 0.6) is 0 Å². The number of aromatic nitrogens is 1. The summed E-state index contributed by atoms with van der Waals surface area (Å²) < 4.78 is 5.54. The van der Waals surface area contributed by atoms with Crippen molar-refractivity contribution in [3.05, 3.63) is 41.4 Å². The van der Waals surface area contributed by atoms with Gasteiger partial charge in [0, 0.05) is 22.8 Å². The Labute approximate surface area is 154 Å². The van der Waals surface area contributed by atoms with Gasteiger partial charge in [0.1, 0.15) is 5.69 Å². The molecule has 0 unspecified atom stereocenters. The molecule has 0 aliphatic carbocycles. The SMILES string of the molecule is O=C(N[C@@H]1CN2CCC1CC2)c1nsc2cc(-c3cccs3)ccc12. The third kappa shape index (κ3) is 2.78. The molecule has 3 aromatic rings. The van der Waals surface area contributed by atoms with E-state index >= 15 is 0 Å². The predicted molar refractivity (Wildman–Crippen MR) is 103 cm³/mol. The van der Waals surface area contributed by atoms with Gasteiger partial charge in [-0.25, -0.2) is 0 Å². The van der Waals surface area contributed by atoms with E-state index in [1.165, 1.54) is 47.9 Å². The number of benzene rings is 1. The lowest BCUT2D eigenvalue weighted by atomic mass is 9.84. The fourth-order valence-corrected chi connectivity index (χ4v) is 5.60. The van der Waals surface area contributed by atoms with Gasteiger partial charge in [0.15, 0.2) is 0 Å². The minimum absolute atomic E-state index is 0.0196. The van der Waals surface area contributed by atoms with Gasteiger partial charge < -0.3 is 10.2 Å². The Hall–Kier alpha value is -1.76. The number of thiophene rings is 1. The molecule has 3 fully saturated rings. The van der Waals surface area contributed by atoms with E-state index in [0.717, 1.165) is 16.6 Å². The molecule has 25 heavy (non-hydrogen) atoms. The van der Waals surface area contributed by atoms with Crippen molar-refractivity contribution in [2.45, 2.75) is 18.9 Å². The van der Waals surface area contributed by atoms with E-state index in [1.807, 2.05) is 6.07 Å². The second-order valence-electron chi connectivity index (χ2n) is 6.94. The van der Waals surface area contributed by atoms with Crippen molar-refractivity contribution in [3.8, 4) is 10.4 Å². The van der Waals surface area contributed by atoms with Gasteiger partial charge in [0.05, 0.1) is 4.70 Å². The average Bonchev–Trinajstić information content (AvgIpc) is 3.32. The van der Waals surface area contributed by atoms with Crippen LogP contribution in [-0.2, 0) is 0 Å². The third-order valence-corrected chi connectivity index (χ3v) is 7.19. The van der Waals surface area contributed by atoms with E-state index in [0.29, 0.717) is 11.6 Å². The van der Waals surface area contributed by atoms with Crippen molar-refractivity contribution in [2.24, 2.45) is 5.92 Å². The van der Waals surface area contributed by atoms with Crippen LogP contribution >= 0.6 is 22.9 Å². The first-order valence-electron chi connectivity index (χ1n) is 8.74. The summed E-state index contributed by atoms with van der Waals surface area (Å²) in [7, 11) is 0. The average molecular weight is 370 g/mol. The maximum Gasteiger partial charge on any atom is 0.271 e. The van der Waals surface area contributed by atoms with Crippen LogP contribution < -0.4 is 5.32 Å². The van der Waals surface area contributed by atoms with Crippen molar-refractivity contribution in [2.75, 3.05) is 19.6 Å². The number of fused-ring (bicyclic) bond motifs is 4. The molecule has 6 heteroatoms. The molecule has 1 aromatic carbocycles. The number of nitrogens with one attached hydrogen (secondary N) is 1. The summed E-state index contributed by atoms with van der Waals surface area (Å²) in [5, 5.41) is 6.30. The van der Waals surface area contributed by atoms with Crippen molar-refractivity contribution < 1.29 is 4.79 Å². The molecule has 6 rings (SSSR count). The smallest absolute Gasteiger partial charge is 0.271 e. The Morgan fingerprint density at radius 1 is 1.24 bits per heavy atom. The van der Waals surface area contributed by atoms with Crippen molar-refractivity contribution in [3.63, 3.8) is 0 Å². The number of carbonyl (C=O) groups excluding carboxylic acids is 1. The Kier molecular flexibility index (Phi) is 3.84. The number of hydrogen-bond acceptors (Lipinski definition) is 5. The van der Waals surface area contributed by atoms with E-state index in [2.05, 4.69) is 44.2 Å². The summed E-state index contributed by atoms with van der Waals surface area (Å²) in [5.41, 5.74) is 1.77. The summed E-state index contributed by atoms with van der Waals surface area (Å²) >= 11 is 3.14. The molecule has 128 valence electrons. The van der Waals surface area contributed by atoms with Gasteiger partial charge >= 0.3 is 0 Å². The van der Waals surface area contributed by atoms with E-state index in [4.69, 9.17) is 0 Å². The Morgan fingerprint density at radius 3 is 2.84 bits per heavy atom. The van der Waals surface area contributed by atoms with Gasteiger partial charge in [-0.05, 0) is 66.5 Å².